The molecule has 82 valence electrons. The Bertz CT molecular complexity index is 320. The Labute approximate surface area is 91.3 Å². The van der Waals surface area contributed by atoms with Gasteiger partial charge in [-0.15, -0.1) is 0 Å². The summed E-state index contributed by atoms with van der Waals surface area (Å²) in [4.78, 5) is 6.77. The Balaban J connectivity index is 2.24. The summed E-state index contributed by atoms with van der Waals surface area (Å²) >= 11 is 0. The molecule has 0 radical (unpaired) electrons. The van der Waals surface area contributed by atoms with Gasteiger partial charge in [-0.05, 0) is 31.5 Å². The lowest BCUT2D eigenvalue weighted by Crippen LogP contribution is -2.31. The molecule has 2 unspecified atom stereocenters. The van der Waals surface area contributed by atoms with Crippen LogP contribution in [-0.4, -0.2) is 29.0 Å². The van der Waals surface area contributed by atoms with Gasteiger partial charge < -0.3 is 5.73 Å². The topological polar surface area (TPSA) is 42.1 Å². The Morgan fingerprint density at radius 1 is 1.53 bits per heavy atom. The molecular weight excluding hydrogens is 186 g/mol. The molecule has 1 saturated heterocycles. The predicted molar refractivity (Wildman–Crippen MR) is 61.6 cm³/mol. The first-order valence-corrected chi connectivity index (χ1v) is 5.64. The van der Waals surface area contributed by atoms with E-state index in [1.165, 1.54) is 5.56 Å². The van der Waals surface area contributed by atoms with Gasteiger partial charge in [-0.1, -0.05) is 13.0 Å². The molecule has 0 saturated carbocycles. The molecule has 1 fully saturated rings. The van der Waals surface area contributed by atoms with E-state index >= 15 is 0 Å². The predicted octanol–water partition coefficient (Wildman–Crippen LogP) is 1.48. The van der Waals surface area contributed by atoms with E-state index in [4.69, 9.17) is 5.73 Å². The van der Waals surface area contributed by atoms with Crippen molar-refractivity contribution in [3.05, 3.63) is 29.6 Å². The van der Waals surface area contributed by atoms with Crippen molar-refractivity contribution >= 4 is 0 Å². The quantitative estimate of drug-likeness (QED) is 0.795. The largest absolute Gasteiger partial charge is 0.326 e. The van der Waals surface area contributed by atoms with E-state index in [0.717, 1.165) is 25.2 Å². The molecule has 0 spiro atoms. The summed E-state index contributed by atoms with van der Waals surface area (Å²) in [6.45, 7) is 6.37. The summed E-state index contributed by atoms with van der Waals surface area (Å²) in [6.07, 6.45) is 3.06. The monoisotopic (exact) mass is 205 g/mol. The highest BCUT2D eigenvalue weighted by atomic mass is 15.2. The second-order valence-electron chi connectivity index (χ2n) is 4.26. The third-order valence-electron chi connectivity index (χ3n) is 3.23. The Hall–Kier alpha value is -0.930. The van der Waals surface area contributed by atoms with Gasteiger partial charge in [-0.3, -0.25) is 9.88 Å². The van der Waals surface area contributed by atoms with Crippen LogP contribution in [0.15, 0.2) is 18.3 Å². The zero-order valence-corrected chi connectivity index (χ0v) is 9.48. The van der Waals surface area contributed by atoms with E-state index < -0.39 is 0 Å². The summed E-state index contributed by atoms with van der Waals surface area (Å²) < 4.78 is 0. The summed E-state index contributed by atoms with van der Waals surface area (Å²) in [5.41, 5.74) is 8.47. The summed E-state index contributed by atoms with van der Waals surface area (Å²) in [6, 6.07) is 4.84. The molecule has 0 amide bonds. The second-order valence-corrected chi connectivity index (χ2v) is 4.26. The van der Waals surface area contributed by atoms with E-state index in [-0.39, 0.29) is 6.04 Å². The van der Waals surface area contributed by atoms with Gasteiger partial charge in [-0.25, -0.2) is 0 Å². The smallest absolute Gasteiger partial charge is 0.0514 e. The van der Waals surface area contributed by atoms with Gasteiger partial charge in [0.1, 0.15) is 0 Å². The molecule has 0 aromatic carbocycles. The minimum Gasteiger partial charge on any atom is -0.326 e. The number of likely N-dealkylation sites (N-methyl/N-ethyl adjacent to an activating group) is 1. The molecule has 2 rings (SSSR count). The zero-order valence-electron chi connectivity index (χ0n) is 9.48. The van der Waals surface area contributed by atoms with Crippen LogP contribution in [-0.2, 0) is 0 Å². The average molecular weight is 205 g/mol. The van der Waals surface area contributed by atoms with Crippen LogP contribution >= 0.6 is 0 Å². The second kappa shape index (κ2) is 4.29. The summed E-state index contributed by atoms with van der Waals surface area (Å²) in [5.74, 6) is 0. The molecule has 15 heavy (non-hydrogen) atoms. The van der Waals surface area contributed by atoms with Gasteiger partial charge in [0.05, 0.1) is 6.04 Å². The zero-order chi connectivity index (χ0) is 10.8. The van der Waals surface area contributed by atoms with Crippen molar-refractivity contribution in [2.45, 2.75) is 32.4 Å². The highest BCUT2D eigenvalue weighted by molar-refractivity contribution is 5.20. The van der Waals surface area contributed by atoms with Crippen molar-refractivity contribution in [3.63, 3.8) is 0 Å². The van der Waals surface area contributed by atoms with Gasteiger partial charge in [0, 0.05) is 24.5 Å². The summed E-state index contributed by atoms with van der Waals surface area (Å²) in [7, 11) is 0. The minimum atomic E-state index is 0.259. The molecule has 1 aliphatic heterocycles. The van der Waals surface area contributed by atoms with Crippen molar-refractivity contribution in [3.8, 4) is 0 Å². The number of hydrogen-bond acceptors (Lipinski definition) is 3. The van der Waals surface area contributed by atoms with E-state index in [2.05, 4.69) is 28.9 Å². The first-order chi connectivity index (χ1) is 7.22. The molecule has 1 aliphatic rings. The molecule has 3 heteroatoms. The molecule has 0 aliphatic carbocycles. The molecule has 1 aromatic heterocycles. The van der Waals surface area contributed by atoms with Crippen molar-refractivity contribution < 1.29 is 0 Å². The maximum absolute atomic E-state index is 6.15. The lowest BCUT2D eigenvalue weighted by Gasteiger charge is -2.25. The molecule has 0 bridgehead atoms. The number of aryl methyl sites for hydroxylation is 1. The first kappa shape index (κ1) is 10.6. The van der Waals surface area contributed by atoms with Gasteiger partial charge in [0.25, 0.3) is 0 Å². The lowest BCUT2D eigenvalue weighted by molar-refractivity contribution is 0.260. The standard InChI is InChI=1S/C12H19N3/c1-3-15-7-6-11(13)12(15)10-5-4-9(2)14-8-10/h4-5,8,11-12H,3,6-7,13H2,1-2H3. The third kappa shape index (κ3) is 2.03. The Kier molecular flexibility index (Phi) is 3.03. The van der Waals surface area contributed by atoms with Crippen molar-refractivity contribution in [2.24, 2.45) is 5.73 Å². The highest BCUT2D eigenvalue weighted by Gasteiger charge is 2.31. The van der Waals surface area contributed by atoms with Crippen molar-refractivity contribution in [1.29, 1.82) is 0 Å². The first-order valence-electron chi connectivity index (χ1n) is 5.64. The van der Waals surface area contributed by atoms with Gasteiger partial charge >= 0.3 is 0 Å². The average Bonchev–Trinajstić information content (AvgIpc) is 2.61. The number of hydrogen-bond donors (Lipinski definition) is 1. The Morgan fingerprint density at radius 2 is 2.33 bits per heavy atom. The SMILES string of the molecule is CCN1CCC(N)C1c1ccc(C)nc1. The lowest BCUT2D eigenvalue weighted by atomic mass is 10.0. The number of nitrogens with two attached hydrogens (primary N) is 1. The van der Waals surface area contributed by atoms with Crippen LogP contribution in [0.2, 0.25) is 0 Å². The number of nitrogens with zero attached hydrogens (tertiary/aromatic N) is 2. The van der Waals surface area contributed by atoms with Crippen molar-refractivity contribution in [1.82, 2.24) is 9.88 Å². The number of pyridine rings is 1. The molecular formula is C12H19N3. The van der Waals surface area contributed by atoms with Gasteiger partial charge in [0.15, 0.2) is 0 Å². The molecule has 3 nitrogen and oxygen atoms in total. The number of rotatable bonds is 2. The third-order valence-corrected chi connectivity index (χ3v) is 3.23. The fourth-order valence-electron chi connectivity index (χ4n) is 2.35. The summed E-state index contributed by atoms with van der Waals surface area (Å²) in [5, 5.41) is 0. The van der Waals surface area contributed by atoms with Crippen LogP contribution in [0, 0.1) is 6.92 Å². The van der Waals surface area contributed by atoms with Crippen LogP contribution in [0.25, 0.3) is 0 Å². The maximum atomic E-state index is 6.15. The van der Waals surface area contributed by atoms with Crippen LogP contribution < -0.4 is 5.73 Å². The van der Waals surface area contributed by atoms with Gasteiger partial charge in [0.2, 0.25) is 0 Å². The molecule has 2 atom stereocenters. The van der Waals surface area contributed by atoms with Crippen LogP contribution in [0.1, 0.15) is 30.6 Å². The maximum Gasteiger partial charge on any atom is 0.0514 e. The normalized spacial score (nSPS) is 27.1. The fraction of sp³-hybridized carbons (Fsp3) is 0.583. The molecule has 1 aromatic rings. The fourth-order valence-corrected chi connectivity index (χ4v) is 2.35. The molecule has 2 N–H and O–H groups in total. The van der Waals surface area contributed by atoms with Gasteiger partial charge in [-0.2, -0.15) is 0 Å². The van der Waals surface area contributed by atoms with E-state index in [9.17, 15) is 0 Å². The number of likely N-dealkylation sites (tertiary alicyclic amines) is 1. The van der Waals surface area contributed by atoms with Crippen molar-refractivity contribution in [2.75, 3.05) is 13.1 Å². The van der Waals surface area contributed by atoms with Crippen LogP contribution in [0.3, 0.4) is 0 Å². The van der Waals surface area contributed by atoms with Crippen LogP contribution in [0.4, 0.5) is 0 Å². The van der Waals surface area contributed by atoms with E-state index in [0.29, 0.717) is 6.04 Å². The Morgan fingerprint density at radius 3 is 2.93 bits per heavy atom. The number of aromatic nitrogens is 1. The van der Waals surface area contributed by atoms with E-state index in [1.807, 2.05) is 13.1 Å². The highest BCUT2D eigenvalue weighted by Crippen LogP contribution is 2.30. The molecule has 2 heterocycles. The minimum absolute atomic E-state index is 0.259. The van der Waals surface area contributed by atoms with Crippen LogP contribution in [0.5, 0.6) is 0 Å². The van der Waals surface area contributed by atoms with E-state index in [1.54, 1.807) is 0 Å².